The molecular weight excluding hydrogens is 142 g/mol. The minimum Gasteiger partial charge on any atom is -0.503 e. The third kappa shape index (κ3) is 1.42. The Morgan fingerprint density at radius 3 is 2.64 bits per heavy atom. The normalized spacial score (nSPS) is 10.5. The molecule has 0 bridgehead atoms. The van der Waals surface area contributed by atoms with Crippen LogP contribution in [0.4, 0.5) is 0 Å². The van der Waals surface area contributed by atoms with E-state index in [0.29, 0.717) is 5.69 Å². The summed E-state index contributed by atoms with van der Waals surface area (Å²) >= 11 is 0. The second-order valence-electron chi connectivity index (χ2n) is 2.76. The van der Waals surface area contributed by atoms with Gasteiger partial charge < -0.3 is 10.1 Å². The van der Waals surface area contributed by atoms with Gasteiger partial charge in [-0.05, 0) is 5.92 Å². The zero-order valence-electron chi connectivity index (χ0n) is 6.59. The van der Waals surface area contributed by atoms with Gasteiger partial charge in [-0.15, -0.1) is 0 Å². The van der Waals surface area contributed by atoms with Crippen LogP contribution in [-0.4, -0.2) is 10.1 Å². The molecule has 0 aliphatic carbocycles. The molecule has 0 spiro atoms. The molecule has 0 saturated heterocycles. The van der Waals surface area contributed by atoms with Crippen LogP contribution in [0.15, 0.2) is 17.1 Å². The average Bonchev–Trinajstić information content (AvgIpc) is 1.94. The molecule has 11 heavy (non-hydrogen) atoms. The highest BCUT2D eigenvalue weighted by molar-refractivity contribution is 5.27. The van der Waals surface area contributed by atoms with E-state index >= 15 is 0 Å². The molecule has 2 N–H and O–H groups in total. The molecule has 3 nitrogen and oxygen atoms in total. The van der Waals surface area contributed by atoms with Gasteiger partial charge in [-0.1, -0.05) is 13.8 Å². The van der Waals surface area contributed by atoms with Crippen LogP contribution < -0.4 is 5.43 Å². The Morgan fingerprint density at radius 2 is 2.18 bits per heavy atom. The third-order valence-corrected chi connectivity index (χ3v) is 1.54. The van der Waals surface area contributed by atoms with Crippen molar-refractivity contribution in [2.24, 2.45) is 0 Å². The molecule has 0 saturated carbocycles. The smallest absolute Gasteiger partial charge is 0.223 e. The largest absolute Gasteiger partial charge is 0.503 e. The average molecular weight is 153 g/mol. The molecule has 1 rings (SSSR count). The highest BCUT2D eigenvalue weighted by Gasteiger charge is 2.07. The van der Waals surface area contributed by atoms with Crippen LogP contribution in [0.1, 0.15) is 25.5 Å². The molecular formula is C8H11NO2. The molecule has 1 aromatic rings. The first-order valence-electron chi connectivity index (χ1n) is 3.53. The number of aromatic amines is 1. The van der Waals surface area contributed by atoms with Crippen LogP contribution >= 0.6 is 0 Å². The number of hydrogen-bond acceptors (Lipinski definition) is 2. The van der Waals surface area contributed by atoms with E-state index in [0.717, 1.165) is 0 Å². The lowest BCUT2D eigenvalue weighted by molar-refractivity contribution is 0.455. The zero-order valence-corrected chi connectivity index (χ0v) is 6.59. The van der Waals surface area contributed by atoms with Crippen molar-refractivity contribution in [1.82, 2.24) is 4.98 Å². The highest BCUT2D eigenvalue weighted by Crippen LogP contribution is 2.17. The number of rotatable bonds is 1. The van der Waals surface area contributed by atoms with Gasteiger partial charge in [-0.2, -0.15) is 0 Å². The molecule has 0 radical (unpaired) electrons. The van der Waals surface area contributed by atoms with Crippen LogP contribution in [0, 0.1) is 0 Å². The van der Waals surface area contributed by atoms with Gasteiger partial charge in [0.1, 0.15) is 0 Å². The van der Waals surface area contributed by atoms with Gasteiger partial charge in [-0.3, -0.25) is 4.79 Å². The molecule has 3 heteroatoms. The van der Waals surface area contributed by atoms with E-state index in [2.05, 4.69) is 4.98 Å². The Bertz CT molecular complexity index is 301. The summed E-state index contributed by atoms with van der Waals surface area (Å²) < 4.78 is 0. The summed E-state index contributed by atoms with van der Waals surface area (Å²) in [7, 11) is 0. The van der Waals surface area contributed by atoms with Gasteiger partial charge >= 0.3 is 0 Å². The van der Waals surface area contributed by atoms with Gasteiger partial charge in [-0.25, -0.2) is 0 Å². The van der Waals surface area contributed by atoms with Gasteiger partial charge in [0.25, 0.3) is 0 Å². The molecule has 0 atom stereocenters. The van der Waals surface area contributed by atoms with Crippen molar-refractivity contribution in [3.05, 3.63) is 28.2 Å². The molecule has 0 amide bonds. The lowest BCUT2D eigenvalue weighted by Crippen LogP contribution is -2.04. The van der Waals surface area contributed by atoms with E-state index < -0.39 is 0 Å². The highest BCUT2D eigenvalue weighted by atomic mass is 16.3. The van der Waals surface area contributed by atoms with E-state index in [1.807, 2.05) is 13.8 Å². The number of hydrogen-bond donors (Lipinski definition) is 2. The Labute approximate surface area is 64.7 Å². The SMILES string of the molecule is CC(C)c1[nH]ccc(=O)c1O. The lowest BCUT2D eigenvalue weighted by Gasteiger charge is -2.05. The van der Waals surface area contributed by atoms with Crippen LogP contribution in [0.2, 0.25) is 0 Å². The Kier molecular flexibility index (Phi) is 1.98. The quantitative estimate of drug-likeness (QED) is 0.637. The monoisotopic (exact) mass is 153 g/mol. The first kappa shape index (κ1) is 7.85. The topological polar surface area (TPSA) is 53.1 Å². The fourth-order valence-electron chi connectivity index (χ4n) is 0.927. The van der Waals surface area contributed by atoms with Crippen molar-refractivity contribution >= 4 is 0 Å². The molecule has 0 fully saturated rings. The Hall–Kier alpha value is -1.25. The maximum absolute atomic E-state index is 10.9. The molecule has 1 heterocycles. The molecule has 0 aliphatic heterocycles. The van der Waals surface area contributed by atoms with Crippen molar-refractivity contribution in [2.75, 3.05) is 0 Å². The summed E-state index contributed by atoms with van der Waals surface area (Å²) in [5.74, 6) is -0.0219. The van der Waals surface area contributed by atoms with Gasteiger partial charge in [0.05, 0.1) is 5.69 Å². The number of aromatic hydroxyl groups is 1. The summed E-state index contributed by atoms with van der Waals surface area (Å²) in [6, 6.07) is 1.31. The third-order valence-electron chi connectivity index (χ3n) is 1.54. The number of aromatic nitrogens is 1. The van der Waals surface area contributed by atoms with Gasteiger partial charge in [0.2, 0.25) is 5.43 Å². The maximum atomic E-state index is 10.9. The second kappa shape index (κ2) is 2.78. The van der Waals surface area contributed by atoms with E-state index in [9.17, 15) is 9.90 Å². The summed E-state index contributed by atoms with van der Waals surface area (Å²) in [5.41, 5.74) is 0.268. The predicted octanol–water partition coefficient (Wildman–Crippen LogP) is 1.20. The maximum Gasteiger partial charge on any atom is 0.223 e. The van der Waals surface area contributed by atoms with E-state index in [4.69, 9.17) is 0 Å². The number of nitrogens with one attached hydrogen (secondary N) is 1. The van der Waals surface area contributed by atoms with Gasteiger partial charge in [0, 0.05) is 12.3 Å². The molecule has 0 unspecified atom stereocenters. The standard InChI is InChI=1S/C8H11NO2/c1-5(2)7-8(11)6(10)3-4-9-7/h3-5,11H,1-2H3,(H,9,10). The summed E-state index contributed by atoms with van der Waals surface area (Å²) in [6.07, 6.45) is 1.54. The summed E-state index contributed by atoms with van der Waals surface area (Å²) in [6.45, 7) is 3.82. The summed E-state index contributed by atoms with van der Waals surface area (Å²) in [5, 5.41) is 9.22. The molecule has 60 valence electrons. The van der Waals surface area contributed by atoms with Crippen molar-refractivity contribution in [2.45, 2.75) is 19.8 Å². The lowest BCUT2D eigenvalue weighted by atomic mass is 10.1. The fraction of sp³-hybridized carbons (Fsp3) is 0.375. The van der Waals surface area contributed by atoms with Crippen molar-refractivity contribution in [1.29, 1.82) is 0 Å². The van der Waals surface area contributed by atoms with E-state index in [-0.39, 0.29) is 17.1 Å². The fourth-order valence-corrected chi connectivity index (χ4v) is 0.927. The summed E-state index contributed by atoms with van der Waals surface area (Å²) in [4.78, 5) is 13.7. The predicted molar refractivity (Wildman–Crippen MR) is 42.8 cm³/mol. The van der Waals surface area contributed by atoms with Crippen LogP contribution in [0.25, 0.3) is 0 Å². The molecule has 0 aromatic carbocycles. The first-order valence-corrected chi connectivity index (χ1v) is 3.53. The second-order valence-corrected chi connectivity index (χ2v) is 2.76. The van der Waals surface area contributed by atoms with E-state index in [1.54, 1.807) is 0 Å². The Morgan fingerprint density at radius 1 is 1.55 bits per heavy atom. The first-order chi connectivity index (χ1) is 5.13. The zero-order chi connectivity index (χ0) is 8.43. The number of pyridine rings is 1. The van der Waals surface area contributed by atoms with Crippen LogP contribution in [0.5, 0.6) is 5.75 Å². The van der Waals surface area contributed by atoms with Crippen molar-refractivity contribution in [3.8, 4) is 5.75 Å². The van der Waals surface area contributed by atoms with Crippen molar-refractivity contribution < 1.29 is 5.11 Å². The minimum absolute atomic E-state index is 0.142. The van der Waals surface area contributed by atoms with Crippen molar-refractivity contribution in [3.63, 3.8) is 0 Å². The number of H-pyrrole nitrogens is 1. The van der Waals surface area contributed by atoms with E-state index in [1.165, 1.54) is 12.3 Å². The van der Waals surface area contributed by atoms with Gasteiger partial charge in [0.15, 0.2) is 5.75 Å². The van der Waals surface area contributed by atoms with Crippen LogP contribution in [0.3, 0.4) is 0 Å². The molecule has 1 aromatic heterocycles. The van der Waals surface area contributed by atoms with Crippen LogP contribution in [-0.2, 0) is 0 Å². The molecule has 0 aliphatic rings. The Balaban J connectivity index is 3.28. The minimum atomic E-state index is -0.326.